The third-order valence-corrected chi connectivity index (χ3v) is 2.36. The summed E-state index contributed by atoms with van der Waals surface area (Å²) in [6.07, 6.45) is 2.22. The molecule has 0 aliphatic heterocycles. The van der Waals surface area contributed by atoms with Gasteiger partial charge in [-0.25, -0.2) is 0 Å². The van der Waals surface area contributed by atoms with Gasteiger partial charge in [0.15, 0.2) is 18.6 Å². The Balaban J connectivity index is 2.81. The maximum atomic E-state index is 12.4. The molecule has 0 spiro atoms. The SMILES string of the molecule is O=Cc1cn(SF)c2ccccc12. The molecule has 2 rings (SSSR count). The molecule has 0 saturated carbocycles. The lowest BCUT2D eigenvalue weighted by Gasteiger charge is -1.93. The molecule has 0 aliphatic carbocycles. The molecule has 0 unspecified atom stereocenters. The van der Waals surface area contributed by atoms with Gasteiger partial charge < -0.3 is 0 Å². The first kappa shape index (κ1) is 8.31. The van der Waals surface area contributed by atoms with E-state index in [9.17, 15) is 8.68 Å². The second kappa shape index (κ2) is 3.22. The van der Waals surface area contributed by atoms with Crippen molar-refractivity contribution in [1.82, 2.24) is 3.97 Å². The summed E-state index contributed by atoms with van der Waals surface area (Å²) in [5, 5.41) is 0.780. The number of halogens is 1. The zero-order valence-corrected chi connectivity index (χ0v) is 7.42. The fourth-order valence-corrected chi connectivity index (χ4v) is 1.71. The summed E-state index contributed by atoms with van der Waals surface area (Å²) in [5.74, 6) is 0. The van der Waals surface area contributed by atoms with Gasteiger partial charge in [-0.15, -0.1) is 3.89 Å². The number of hydrogen-bond acceptors (Lipinski definition) is 2. The van der Waals surface area contributed by atoms with Gasteiger partial charge in [0.1, 0.15) is 0 Å². The van der Waals surface area contributed by atoms with Crippen LogP contribution in [0.5, 0.6) is 0 Å². The van der Waals surface area contributed by atoms with Crippen LogP contribution < -0.4 is 0 Å². The van der Waals surface area contributed by atoms with Crippen LogP contribution in [0.15, 0.2) is 30.5 Å². The number of carbonyl (C=O) groups excluding carboxylic acids is 1. The van der Waals surface area contributed by atoms with Crippen LogP contribution in [0.3, 0.4) is 0 Å². The number of nitrogens with zero attached hydrogens (tertiary/aromatic N) is 1. The maximum absolute atomic E-state index is 12.4. The number of para-hydroxylation sites is 1. The highest BCUT2D eigenvalue weighted by Gasteiger charge is 2.06. The van der Waals surface area contributed by atoms with Gasteiger partial charge in [-0.3, -0.25) is 8.77 Å². The van der Waals surface area contributed by atoms with E-state index in [-0.39, 0.29) is 12.3 Å². The minimum atomic E-state index is 0.0923. The smallest absolute Gasteiger partial charge is 0.169 e. The molecule has 66 valence electrons. The Morgan fingerprint density at radius 2 is 2.15 bits per heavy atom. The Labute approximate surface area is 78.8 Å². The molecule has 0 fully saturated rings. The lowest BCUT2D eigenvalue weighted by molar-refractivity contribution is 0.112. The fraction of sp³-hybridized carbons (Fsp3) is 0. The molecule has 2 nitrogen and oxygen atoms in total. The van der Waals surface area contributed by atoms with Crippen LogP contribution in [0.1, 0.15) is 10.4 Å². The highest BCUT2D eigenvalue weighted by molar-refractivity contribution is 7.92. The third-order valence-electron chi connectivity index (χ3n) is 1.91. The van der Waals surface area contributed by atoms with E-state index in [0.717, 1.165) is 17.2 Å². The lowest BCUT2D eigenvalue weighted by Crippen LogP contribution is -1.77. The highest BCUT2D eigenvalue weighted by Crippen LogP contribution is 2.24. The summed E-state index contributed by atoms with van der Waals surface area (Å²) in [6.45, 7) is 0. The first-order chi connectivity index (χ1) is 6.36. The van der Waals surface area contributed by atoms with E-state index in [0.29, 0.717) is 5.56 Å². The largest absolute Gasteiger partial charge is 0.298 e. The van der Waals surface area contributed by atoms with Gasteiger partial charge in [0.05, 0.1) is 5.52 Å². The molecule has 1 aromatic carbocycles. The van der Waals surface area contributed by atoms with Crippen molar-refractivity contribution in [3.63, 3.8) is 0 Å². The number of rotatable bonds is 2. The first-order valence-electron chi connectivity index (χ1n) is 3.71. The van der Waals surface area contributed by atoms with Crippen LogP contribution in [0.4, 0.5) is 3.89 Å². The monoisotopic (exact) mass is 195 g/mol. The second-order valence-corrected chi connectivity index (χ2v) is 3.15. The Kier molecular flexibility index (Phi) is 2.06. The Morgan fingerprint density at radius 1 is 1.38 bits per heavy atom. The topological polar surface area (TPSA) is 22.0 Å². The summed E-state index contributed by atoms with van der Waals surface area (Å²) in [5.41, 5.74) is 1.23. The van der Waals surface area contributed by atoms with E-state index in [1.807, 2.05) is 12.1 Å². The van der Waals surface area contributed by atoms with E-state index in [1.165, 1.54) is 10.2 Å². The fourth-order valence-electron chi connectivity index (χ4n) is 1.33. The van der Waals surface area contributed by atoms with Crippen molar-refractivity contribution in [1.29, 1.82) is 0 Å². The molecule has 0 aliphatic rings. The van der Waals surface area contributed by atoms with Crippen molar-refractivity contribution in [2.24, 2.45) is 0 Å². The zero-order valence-electron chi connectivity index (χ0n) is 6.61. The van der Waals surface area contributed by atoms with Gasteiger partial charge in [0.2, 0.25) is 0 Å². The van der Waals surface area contributed by atoms with Gasteiger partial charge in [-0.1, -0.05) is 18.2 Å². The van der Waals surface area contributed by atoms with Crippen molar-refractivity contribution in [3.05, 3.63) is 36.0 Å². The predicted octanol–water partition coefficient (Wildman–Crippen LogP) is 2.83. The van der Waals surface area contributed by atoms with Gasteiger partial charge in [-0.05, 0) is 6.07 Å². The number of aldehydes is 1. The van der Waals surface area contributed by atoms with E-state index in [4.69, 9.17) is 0 Å². The number of benzene rings is 1. The molecule has 0 bridgehead atoms. The van der Waals surface area contributed by atoms with Gasteiger partial charge in [0, 0.05) is 17.1 Å². The van der Waals surface area contributed by atoms with Crippen molar-refractivity contribution in [2.75, 3.05) is 0 Å². The van der Waals surface area contributed by atoms with Crippen molar-refractivity contribution < 1.29 is 8.68 Å². The standard InChI is InChI=1S/C9H6FNOS/c10-13-11-5-7(6-12)8-3-1-2-4-9(8)11/h1-6H. The molecule has 0 saturated heterocycles. The van der Waals surface area contributed by atoms with Gasteiger partial charge in [-0.2, -0.15) is 0 Å². The molecular formula is C9H6FNOS. The Morgan fingerprint density at radius 3 is 2.85 bits per heavy atom. The van der Waals surface area contributed by atoms with E-state index >= 15 is 0 Å². The second-order valence-electron chi connectivity index (χ2n) is 2.61. The Bertz CT molecular complexity index is 452. The molecule has 13 heavy (non-hydrogen) atoms. The average molecular weight is 195 g/mol. The van der Waals surface area contributed by atoms with Crippen molar-refractivity contribution >= 4 is 29.5 Å². The van der Waals surface area contributed by atoms with E-state index in [1.54, 1.807) is 12.1 Å². The number of carbonyl (C=O) groups is 1. The maximum Gasteiger partial charge on any atom is 0.169 e. The third kappa shape index (κ3) is 1.23. The van der Waals surface area contributed by atoms with Crippen LogP contribution >= 0.6 is 12.3 Å². The van der Waals surface area contributed by atoms with Gasteiger partial charge >= 0.3 is 0 Å². The summed E-state index contributed by atoms with van der Waals surface area (Å²) in [4.78, 5) is 10.6. The van der Waals surface area contributed by atoms with Crippen LogP contribution in [0.2, 0.25) is 0 Å². The Hall–Kier alpha value is -1.29. The summed E-state index contributed by atoms with van der Waals surface area (Å²) >= 11 is 0.0923. The molecule has 0 atom stereocenters. The molecule has 4 heteroatoms. The molecule has 0 amide bonds. The first-order valence-corrected chi connectivity index (χ1v) is 4.38. The average Bonchev–Trinajstić information content (AvgIpc) is 2.56. The highest BCUT2D eigenvalue weighted by atomic mass is 32.2. The minimum Gasteiger partial charge on any atom is -0.298 e. The number of fused-ring (bicyclic) bond motifs is 1. The molecule has 0 N–H and O–H groups in total. The molecular weight excluding hydrogens is 189 g/mol. The van der Waals surface area contributed by atoms with Crippen LogP contribution in [-0.4, -0.2) is 10.3 Å². The molecule has 0 radical (unpaired) electrons. The number of aromatic nitrogens is 1. The predicted molar refractivity (Wildman–Crippen MR) is 51.4 cm³/mol. The van der Waals surface area contributed by atoms with Gasteiger partial charge in [0.25, 0.3) is 0 Å². The van der Waals surface area contributed by atoms with Crippen LogP contribution in [0.25, 0.3) is 10.9 Å². The molecule has 1 aromatic heterocycles. The molecule has 2 aromatic rings. The van der Waals surface area contributed by atoms with Crippen LogP contribution in [0, 0.1) is 0 Å². The summed E-state index contributed by atoms with van der Waals surface area (Å²) < 4.78 is 13.7. The molecule has 1 heterocycles. The van der Waals surface area contributed by atoms with Crippen molar-refractivity contribution in [3.8, 4) is 0 Å². The quantitative estimate of drug-likeness (QED) is 0.687. The minimum absolute atomic E-state index is 0.0923. The normalized spacial score (nSPS) is 10.5. The zero-order chi connectivity index (χ0) is 9.26. The van der Waals surface area contributed by atoms with E-state index in [2.05, 4.69) is 0 Å². The lowest BCUT2D eigenvalue weighted by atomic mass is 10.2. The summed E-state index contributed by atoms with van der Waals surface area (Å²) in [7, 11) is 0. The number of hydrogen-bond donors (Lipinski definition) is 0. The van der Waals surface area contributed by atoms with Crippen LogP contribution in [-0.2, 0) is 0 Å². The van der Waals surface area contributed by atoms with E-state index < -0.39 is 0 Å². The van der Waals surface area contributed by atoms with Crippen molar-refractivity contribution in [2.45, 2.75) is 0 Å². The summed E-state index contributed by atoms with van der Waals surface area (Å²) in [6, 6.07) is 7.20.